The van der Waals surface area contributed by atoms with Crippen LogP contribution in [0.4, 0.5) is 0 Å². The number of carboxylic acid groups (broad SMARTS) is 1. The van der Waals surface area contributed by atoms with Gasteiger partial charge in [0.1, 0.15) is 12.6 Å². The number of carbonyl (C=O) groups is 9. The highest BCUT2D eigenvalue weighted by molar-refractivity contribution is 6.14. The summed E-state index contributed by atoms with van der Waals surface area (Å²) in [5.41, 5.74) is 0. The zero-order chi connectivity index (χ0) is 44.9. The molecule has 0 aromatic rings. The van der Waals surface area contributed by atoms with Crippen molar-refractivity contribution in [1.29, 1.82) is 0 Å². The van der Waals surface area contributed by atoms with E-state index in [0.717, 1.165) is 12.2 Å². The third kappa shape index (κ3) is 30.5. The SMILES string of the molecule is COCCOCCOCCOCCOCCOCCOCCOCCNC(=O)CNC(=O)CNC(=O)CNC(=O)CNC(=O)[C@H](CCC(=O)O)NC(=O)CN1C(=O)C=CC1=O. The molecule has 1 heterocycles. The molecule has 0 radical (unpaired) electrons. The largest absolute Gasteiger partial charge is 0.481 e. The molecule has 1 rings (SSSR count). The van der Waals surface area contributed by atoms with Crippen molar-refractivity contribution in [3.05, 3.63) is 12.2 Å². The van der Waals surface area contributed by atoms with Crippen LogP contribution in [0, 0.1) is 0 Å². The summed E-state index contributed by atoms with van der Waals surface area (Å²) in [5.74, 6) is -7.38. The Morgan fingerprint density at radius 3 is 1.28 bits per heavy atom. The number of ether oxygens (including phenoxy) is 8. The fourth-order valence-corrected chi connectivity index (χ4v) is 4.41. The number of hydrogen-bond acceptors (Lipinski definition) is 17. The van der Waals surface area contributed by atoms with Gasteiger partial charge in [0.2, 0.25) is 35.4 Å². The highest BCUT2D eigenvalue weighted by Gasteiger charge is 2.28. The average molecular weight is 878 g/mol. The minimum atomic E-state index is -1.42. The summed E-state index contributed by atoms with van der Waals surface area (Å²) in [7, 11) is 1.62. The number of methoxy groups -OCH3 is 1. The maximum atomic E-state index is 12.6. The van der Waals surface area contributed by atoms with Crippen LogP contribution in [0.2, 0.25) is 0 Å². The highest BCUT2D eigenvalue weighted by atomic mass is 16.6. The Kier molecular flexibility index (Phi) is 31.4. The minimum absolute atomic E-state index is 0.178. The lowest BCUT2D eigenvalue weighted by Crippen LogP contribution is -2.52. The first kappa shape index (κ1) is 53.9. The van der Waals surface area contributed by atoms with Crippen molar-refractivity contribution < 1.29 is 86.2 Å². The van der Waals surface area contributed by atoms with Crippen molar-refractivity contribution >= 4 is 53.2 Å². The number of carbonyl (C=O) groups excluding carboxylic acids is 8. The van der Waals surface area contributed by atoms with Gasteiger partial charge < -0.3 is 74.9 Å². The molecule has 0 spiro atoms. The van der Waals surface area contributed by atoms with Crippen molar-refractivity contribution in [2.45, 2.75) is 18.9 Å². The van der Waals surface area contributed by atoms with Crippen LogP contribution in [0.25, 0.3) is 0 Å². The Bertz CT molecular complexity index is 1380. The Labute approximate surface area is 352 Å². The molecule has 8 amide bonds. The number of carboxylic acids is 1. The standard InChI is InChI=1S/C36H59N7O18/c1-54-8-9-56-12-13-58-16-17-60-20-21-61-19-18-59-15-14-57-11-10-55-7-6-37-28(44)22-38-29(45)23-39-30(46)24-40-31(47)25-41-36(53)27(2-5-35(51)52)42-32(48)26-43-33(49)3-4-34(43)50/h3-4,27H,2,5-26H2,1H3,(H,37,44)(H,38,45)(H,39,46)(H,40,47)(H,41,53)(H,42,48)(H,51,52)/t27-/m0/s1. The van der Waals surface area contributed by atoms with Gasteiger partial charge in [0, 0.05) is 32.2 Å². The third-order valence-electron chi connectivity index (χ3n) is 7.49. The predicted molar refractivity (Wildman–Crippen MR) is 207 cm³/mol. The molecular weight excluding hydrogens is 818 g/mol. The predicted octanol–water partition coefficient (Wildman–Crippen LogP) is -5.40. The first-order valence-electron chi connectivity index (χ1n) is 19.3. The van der Waals surface area contributed by atoms with E-state index >= 15 is 0 Å². The Balaban J connectivity index is 2.00. The number of amides is 8. The van der Waals surface area contributed by atoms with E-state index < -0.39 is 91.9 Å². The van der Waals surface area contributed by atoms with E-state index in [1.165, 1.54) is 0 Å². The molecule has 0 aliphatic carbocycles. The Morgan fingerprint density at radius 2 is 0.885 bits per heavy atom. The molecule has 25 nitrogen and oxygen atoms in total. The minimum Gasteiger partial charge on any atom is -0.481 e. The van der Waals surface area contributed by atoms with E-state index in [1.54, 1.807) is 7.11 Å². The van der Waals surface area contributed by atoms with Gasteiger partial charge in [0.05, 0.1) is 125 Å². The van der Waals surface area contributed by atoms with Gasteiger partial charge in [-0.05, 0) is 6.42 Å². The maximum Gasteiger partial charge on any atom is 0.303 e. The third-order valence-corrected chi connectivity index (χ3v) is 7.49. The van der Waals surface area contributed by atoms with Crippen LogP contribution >= 0.6 is 0 Å². The van der Waals surface area contributed by atoms with Gasteiger partial charge in [-0.2, -0.15) is 0 Å². The molecule has 0 unspecified atom stereocenters. The van der Waals surface area contributed by atoms with Crippen molar-refractivity contribution in [3.63, 3.8) is 0 Å². The fourth-order valence-electron chi connectivity index (χ4n) is 4.41. The monoisotopic (exact) mass is 877 g/mol. The number of hydrogen-bond donors (Lipinski definition) is 7. The molecule has 346 valence electrons. The van der Waals surface area contributed by atoms with Gasteiger partial charge in [0.25, 0.3) is 11.8 Å². The fraction of sp³-hybridized carbons (Fsp3) is 0.694. The molecule has 1 atom stereocenters. The zero-order valence-corrected chi connectivity index (χ0v) is 34.3. The van der Waals surface area contributed by atoms with Crippen LogP contribution < -0.4 is 31.9 Å². The number of aliphatic carboxylic acids is 1. The van der Waals surface area contributed by atoms with Crippen LogP contribution in [-0.4, -0.2) is 215 Å². The first-order chi connectivity index (χ1) is 29.4. The van der Waals surface area contributed by atoms with E-state index in [2.05, 4.69) is 31.9 Å². The number of imide groups is 1. The molecule has 0 fully saturated rings. The maximum absolute atomic E-state index is 12.6. The van der Waals surface area contributed by atoms with Crippen molar-refractivity contribution in [3.8, 4) is 0 Å². The molecular formula is C36H59N7O18. The summed E-state index contributed by atoms with van der Waals surface area (Å²) >= 11 is 0. The van der Waals surface area contributed by atoms with E-state index in [1.807, 2.05) is 0 Å². The zero-order valence-electron chi connectivity index (χ0n) is 34.3. The van der Waals surface area contributed by atoms with Crippen molar-refractivity contribution in [1.82, 2.24) is 36.8 Å². The normalized spacial score (nSPS) is 12.5. The highest BCUT2D eigenvalue weighted by Crippen LogP contribution is 2.04. The summed E-state index contributed by atoms with van der Waals surface area (Å²) < 4.78 is 42.6. The van der Waals surface area contributed by atoms with Gasteiger partial charge >= 0.3 is 5.97 Å². The number of nitrogens with zero attached hydrogens (tertiary/aromatic N) is 1. The van der Waals surface area contributed by atoms with Crippen LogP contribution in [0.3, 0.4) is 0 Å². The van der Waals surface area contributed by atoms with E-state index in [9.17, 15) is 43.2 Å². The van der Waals surface area contributed by atoms with Gasteiger partial charge in [-0.1, -0.05) is 0 Å². The second-order valence-corrected chi connectivity index (χ2v) is 12.3. The molecule has 0 saturated heterocycles. The first-order valence-corrected chi connectivity index (χ1v) is 19.3. The van der Waals surface area contributed by atoms with E-state index in [4.69, 9.17) is 43.0 Å². The van der Waals surface area contributed by atoms with Crippen LogP contribution in [0.5, 0.6) is 0 Å². The van der Waals surface area contributed by atoms with Gasteiger partial charge in [0.15, 0.2) is 0 Å². The summed E-state index contributed by atoms with van der Waals surface area (Å²) in [5, 5.41) is 22.7. The molecule has 0 aromatic carbocycles. The quantitative estimate of drug-likeness (QED) is 0.0224. The van der Waals surface area contributed by atoms with Gasteiger partial charge in [-0.25, -0.2) is 0 Å². The van der Waals surface area contributed by atoms with Crippen LogP contribution in [0.1, 0.15) is 12.8 Å². The van der Waals surface area contributed by atoms with E-state index in [0.29, 0.717) is 97.4 Å². The molecule has 0 saturated carbocycles. The van der Waals surface area contributed by atoms with Crippen LogP contribution in [-0.2, 0) is 81.0 Å². The lowest BCUT2D eigenvalue weighted by molar-refractivity contribution is -0.141. The van der Waals surface area contributed by atoms with E-state index in [-0.39, 0.29) is 26.1 Å². The molecule has 61 heavy (non-hydrogen) atoms. The molecule has 0 aromatic heterocycles. The molecule has 1 aliphatic heterocycles. The van der Waals surface area contributed by atoms with Crippen molar-refractivity contribution in [2.24, 2.45) is 0 Å². The number of nitrogens with one attached hydrogen (secondary N) is 6. The second kappa shape index (κ2) is 35.6. The Hall–Kier alpha value is -5.15. The molecule has 7 N–H and O–H groups in total. The topological polar surface area (TPSA) is 323 Å². The van der Waals surface area contributed by atoms with Crippen molar-refractivity contribution in [2.75, 3.05) is 145 Å². The molecule has 25 heteroatoms. The average Bonchev–Trinajstić information content (AvgIpc) is 3.55. The Morgan fingerprint density at radius 1 is 0.525 bits per heavy atom. The van der Waals surface area contributed by atoms with Gasteiger partial charge in [-0.3, -0.25) is 48.1 Å². The summed E-state index contributed by atoms with van der Waals surface area (Å²) in [6.45, 7) is 3.73. The molecule has 0 bridgehead atoms. The lowest BCUT2D eigenvalue weighted by atomic mass is 10.1. The summed E-state index contributed by atoms with van der Waals surface area (Å²) in [6, 6.07) is -1.42. The number of rotatable bonds is 39. The smallest absolute Gasteiger partial charge is 0.303 e. The lowest BCUT2D eigenvalue weighted by Gasteiger charge is -2.20. The molecule has 1 aliphatic rings. The summed E-state index contributed by atoms with van der Waals surface area (Å²) in [4.78, 5) is 108. The van der Waals surface area contributed by atoms with Crippen LogP contribution in [0.15, 0.2) is 12.2 Å². The van der Waals surface area contributed by atoms with Gasteiger partial charge in [-0.15, -0.1) is 0 Å². The second-order valence-electron chi connectivity index (χ2n) is 12.3. The summed E-state index contributed by atoms with van der Waals surface area (Å²) in [6.07, 6.45) is 1.02.